The second kappa shape index (κ2) is 58.9. The summed E-state index contributed by atoms with van der Waals surface area (Å²) < 4.78 is 16.7. The number of hydrogen-bond acceptors (Lipinski definition) is 10. The summed E-state index contributed by atoms with van der Waals surface area (Å²) in [7, 11) is 0. The minimum Gasteiger partial charge on any atom is -0.466 e. The molecule has 0 radical (unpaired) electrons. The van der Waals surface area contributed by atoms with Gasteiger partial charge >= 0.3 is 5.97 Å². The molecule has 1 rings (SSSR count). The highest BCUT2D eigenvalue weighted by Crippen LogP contribution is 2.23. The van der Waals surface area contributed by atoms with Crippen LogP contribution in [-0.2, 0) is 23.8 Å². The van der Waals surface area contributed by atoms with Crippen LogP contribution in [0.5, 0.6) is 0 Å². The lowest BCUT2D eigenvalue weighted by molar-refractivity contribution is -0.302. The number of carbonyl (C=O) groups excluding carboxylic acids is 2. The Labute approximate surface area is 496 Å². The highest BCUT2D eigenvalue weighted by atomic mass is 16.7. The van der Waals surface area contributed by atoms with Crippen molar-refractivity contribution in [3.63, 3.8) is 0 Å². The van der Waals surface area contributed by atoms with Crippen molar-refractivity contribution in [3.05, 3.63) is 72.9 Å². The number of allylic oxidation sites excluding steroid dienone is 11. The molecule has 0 aliphatic carbocycles. The molecule has 0 aromatic carbocycles. The lowest BCUT2D eigenvalue weighted by atomic mass is 9.99. The highest BCUT2D eigenvalue weighted by Gasteiger charge is 2.44. The number of aliphatic hydroxyl groups excluding tert-OH is 5. The average molecular weight is 1140 g/mol. The van der Waals surface area contributed by atoms with E-state index in [0.717, 1.165) is 83.5 Å². The summed E-state index contributed by atoms with van der Waals surface area (Å²) >= 11 is 0. The molecule has 6 N–H and O–H groups in total. The molecule has 0 bridgehead atoms. The second-order valence-electron chi connectivity index (χ2n) is 23.2. The first-order valence-electron chi connectivity index (χ1n) is 33.7. The second-order valence-corrected chi connectivity index (χ2v) is 23.2. The first kappa shape index (κ1) is 76.1. The molecule has 7 unspecified atom stereocenters. The number of ether oxygens (including phenoxy) is 3. The summed E-state index contributed by atoms with van der Waals surface area (Å²) in [6.45, 7) is 4.25. The SMILES string of the molecule is CCCCC/C=C\C/C=C\CCCCCCCCCC(=O)OCCCCCCCCCCC/C=C\C/C=C\CCCCCCCCCCCCCC(=O)NC(COC1OC(CO)C(O)C(O)C1O)C(O)/C=C/CC/C=C/CCCCC. The van der Waals surface area contributed by atoms with Gasteiger partial charge in [0, 0.05) is 12.8 Å². The van der Waals surface area contributed by atoms with Crippen molar-refractivity contribution < 1.29 is 49.3 Å². The monoisotopic (exact) mass is 1140 g/mol. The van der Waals surface area contributed by atoms with Crippen molar-refractivity contribution in [3.8, 4) is 0 Å². The lowest BCUT2D eigenvalue weighted by Gasteiger charge is -2.40. The zero-order valence-corrected chi connectivity index (χ0v) is 52.0. The lowest BCUT2D eigenvalue weighted by Crippen LogP contribution is -2.60. The van der Waals surface area contributed by atoms with Gasteiger partial charge in [-0.15, -0.1) is 0 Å². The number of rotatable bonds is 58. The van der Waals surface area contributed by atoms with E-state index < -0.39 is 49.5 Å². The predicted octanol–water partition coefficient (Wildman–Crippen LogP) is 16.7. The van der Waals surface area contributed by atoms with Crippen molar-refractivity contribution in [2.24, 2.45) is 0 Å². The van der Waals surface area contributed by atoms with Gasteiger partial charge in [-0.05, 0) is 109 Å². The summed E-state index contributed by atoms with van der Waals surface area (Å²) in [4.78, 5) is 25.1. The molecule has 7 atom stereocenters. The molecule has 1 aliphatic heterocycles. The number of unbranched alkanes of at least 4 members (excludes halogenated alkanes) is 34. The third-order valence-corrected chi connectivity index (χ3v) is 15.5. The molecule has 0 aromatic heterocycles. The Balaban J connectivity index is 1.96. The topological polar surface area (TPSA) is 175 Å². The molecule has 0 spiro atoms. The van der Waals surface area contributed by atoms with Crippen LogP contribution in [0.15, 0.2) is 72.9 Å². The first-order valence-corrected chi connectivity index (χ1v) is 33.7. The Hall–Kier alpha value is -2.90. The van der Waals surface area contributed by atoms with E-state index in [1.165, 1.54) is 186 Å². The Morgan fingerprint density at radius 1 is 0.457 bits per heavy atom. The summed E-state index contributed by atoms with van der Waals surface area (Å²) in [6.07, 6.45) is 69.0. The molecule has 81 heavy (non-hydrogen) atoms. The predicted molar refractivity (Wildman–Crippen MR) is 338 cm³/mol. The molecular formula is C70H125NO10. The minimum atomic E-state index is -1.58. The third kappa shape index (κ3) is 48.1. The largest absolute Gasteiger partial charge is 0.466 e. The number of aliphatic hydroxyl groups is 5. The minimum absolute atomic E-state index is 0.00775. The highest BCUT2D eigenvalue weighted by molar-refractivity contribution is 5.76. The van der Waals surface area contributed by atoms with E-state index in [-0.39, 0.29) is 18.5 Å². The molecular weight excluding hydrogens is 1010 g/mol. The normalized spacial score (nSPS) is 18.7. The van der Waals surface area contributed by atoms with Crippen LogP contribution in [0.4, 0.5) is 0 Å². The van der Waals surface area contributed by atoms with Gasteiger partial charge < -0.3 is 45.1 Å². The van der Waals surface area contributed by atoms with Crippen molar-refractivity contribution >= 4 is 11.9 Å². The van der Waals surface area contributed by atoms with E-state index in [0.29, 0.717) is 19.4 Å². The maximum absolute atomic E-state index is 13.0. The molecule has 11 heteroatoms. The Morgan fingerprint density at radius 3 is 1.30 bits per heavy atom. The van der Waals surface area contributed by atoms with E-state index in [4.69, 9.17) is 14.2 Å². The maximum Gasteiger partial charge on any atom is 0.305 e. The zero-order valence-electron chi connectivity index (χ0n) is 52.0. The molecule has 1 heterocycles. The fourth-order valence-corrected chi connectivity index (χ4v) is 10.2. The third-order valence-electron chi connectivity index (χ3n) is 15.5. The number of carbonyl (C=O) groups is 2. The summed E-state index contributed by atoms with van der Waals surface area (Å²) in [6, 6.07) is -0.830. The van der Waals surface area contributed by atoms with E-state index in [1.807, 2.05) is 6.08 Å². The number of nitrogens with one attached hydrogen (secondary N) is 1. The molecule has 11 nitrogen and oxygen atoms in total. The zero-order chi connectivity index (χ0) is 58.7. The van der Waals surface area contributed by atoms with Crippen molar-refractivity contribution in [2.45, 2.75) is 339 Å². The van der Waals surface area contributed by atoms with Crippen molar-refractivity contribution in [2.75, 3.05) is 19.8 Å². The van der Waals surface area contributed by atoms with Crippen LogP contribution in [0.3, 0.4) is 0 Å². The van der Waals surface area contributed by atoms with Crippen LogP contribution in [0.25, 0.3) is 0 Å². The number of esters is 1. The number of hydrogen-bond donors (Lipinski definition) is 6. The fourth-order valence-electron chi connectivity index (χ4n) is 10.2. The van der Waals surface area contributed by atoms with Crippen molar-refractivity contribution in [1.82, 2.24) is 5.32 Å². The Morgan fingerprint density at radius 2 is 0.840 bits per heavy atom. The van der Waals surface area contributed by atoms with Gasteiger partial charge in [-0.1, -0.05) is 247 Å². The molecule has 1 aliphatic rings. The fraction of sp³-hybridized carbons (Fsp3) is 0.800. The van der Waals surface area contributed by atoms with Crippen LogP contribution in [0, 0.1) is 0 Å². The van der Waals surface area contributed by atoms with Gasteiger partial charge in [0.1, 0.15) is 24.4 Å². The molecule has 470 valence electrons. The van der Waals surface area contributed by atoms with Gasteiger partial charge in [-0.2, -0.15) is 0 Å². The van der Waals surface area contributed by atoms with Crippen LogP contribution in [0.2, 0.25) is 0 Å². The Kier molecular flexibility index (Phi) is 55.3. The first-order chi connectivity index (χ1) is 39.7. The maximum atomic E-state index is 13.0. The van der Waals surface area contributed by atoms with Crippen LogP contribution in [0.1, 0.15) is 296 Å². The summed E-state index contributed by atoms with van der Waals surface area (Å²) in [5, 5.41) is 54.2. The molecule has 0 aromatic rings. The molecule has 1 fully saturated rings. The van der Waals surface area contributed by atoms with Gasteiger partial charge in [0.25, 0.3) is 0 Å². The smallest absolute Gasteiger partial charge is 0.305 e. The average Bonchev–Trinajstić information content (AvgIpc) is 3.47. The van der Waals surface area contributed by atoms with Crippen LogP contribution in [-0.4, -0.2) is 100 Å². The van der Waals surface area contributed by atoms with Gasteiger partial charge in [-0.3, -0.25) is 9.59 Å². The molecule has 1 saturated heterocycles. The van der Waals surface area contributed by atoms with Gasteiger partial charge in [0.2, 0.25) is 5.91 Å². The quantitative estimate of drug-likeness (QED) is 0.0195. The van der Waals surface area contributed by atoms with Crippen molar-refractivity contribution in [1.29, 1.82) is 0 Å². The molecule has 1 amide bonds. The number of amides is 1. The van der Waals surface area contributed by atoms with E-state index >= 15 is 0 Å². The van der Waals surface area contributed by atoms with E-state index in [2.05, 4.69) is 79.9 Å². The van der Waals surface area contributed by atoms with E-state index in [1.54, 1.807) is 6.08 Å². The van der Waals surface area contributed by atoms with Gasteiger partial charge in [0.05, 0.1) is 32.0 Å². The molecule has 0 saturated carbocycles. The van der Waals surface area contributed by atoms with E-state index in [9.17, 15) is 35.1 Å². The van der Waals surface area contributed by atoms with Gasteiger partial charge in [-0.25, -0.2) is 0 Å². The Bertz CT molecular complexity index is 1580. The standard InChI is InChI=1S/C70H125NO10/c1-3-5-7-9-11-13-14-15-16-28-32-35-38-42-46-50-54-58-66(75)79-59-55-51-47-43-39-36-33-30-27-25-23-21-19-17-18-20-22-24-26-29-31-34-37-41-45-49-53-57-65(74)71-62(63(73)56-52-48-44-40-12-10-8-6-4-2)61-80-70-69(78)68(77)67(76)64(60-72)81-70/h11-13,15-18,21,23,40,52,56,62-64,67-70,72-73,76-78H,3-10,14,19-20,22,24-39,41-51,53-55,57-61H2,1-2H3,(H,71,74)/b13-11-,16-15-,18-17-,23-21-,40-12+,56-52+. The van der Waals surface area contributed by atoms with Crippen LogP contribution >= 0.6 is 0 Å². The summed E-state index contributed by atoms with van der Waals surface area (Å²) in [5.74, 6) is -0.206. The summed E-state index contributed by atoms with van der Waals surface area (Å²) in [5.41, 5.74) is 0. The van der Waals surface area contributed by atoms with Gasteiger partial charge in [0.15, 0.2) is 6.29 Å². The van der Waals surface area contributed by atoms with Crippen LogP contribution < -0.4 is 5.32 Å².